The van der Waals surface area contributed by atoms with Crippen LogP contribution in [0.15, 0.2) is 60.8 Å². The van der Waals surface area contributed by atoms with Crippen molar-refractivity contribution in [2.75, 3.05) is 11.9 Å². The Bertz CT molecular complexity index is 1700. The lowest BCUT2D eigenvalue weighted by Crippen LogP contribution is -2.36. The summed E-state index contributed by atoms with van der Waals surface area (Å²) in [7, 11) is -4.14. The van der Waals surface area contributed by atoms with E-state index in [1.54, 1.807) is 16.8 Å². The number of aromatic amines is 1. The second-order valence-corrected chi connectivity index (χ2v) is 10.3. The smallest absolute Gasteiger partial charge is 0.333 e. The number of aliphatic hydroxyl groups is 2. The standard InChI is InChI=1S/C24H24N6O5S/c25-36(33,34)35-12-14-10-20(24(32)23(14)31)28-21-7-8-26-22-11-18(29-30(21)22)13-5-6-16-15-3-1-2-4-17(15)27-19(16)9-13/h1-9,11,14,20,23-24,27-28,31-32H,10,12H2,(H2,25,33,34)/t14-,20-,23-,24+/m1/s1. The number of fused-ring (bicyclic) bond motifs is 4. The molecule has 2 aromatic carbocycles. The zero-order chi connectivity index (χ0) is 25.0. The summed E-state index contributed by atoms with van der Waals surface area (Å²) in [5.74, 6) is -0.0356. The third-order valence-electron chi connectivity index (χ3n) is 6.74. The van der Waals surface area contributed by atoms with E-state index in [1.165, 1.54) is 0 Å². The van der Waals surface area contributed by atoms with Crippen LogP contribution in [0.1, 0.15) is 6.42 Å². The number of benzene rings is 2. The van der Waals surface area contributed by atoms with Crippen molar-refractivity contribution in [2.45, 2.75) is 24.7 Å². The van der Waals surface area contributed by atoms with Gasteiger partial charge in [0.25, 0.3) is 0 Å². The van der Waals surface area contributed by atoms with Crippen LogP contribution in [0.3, 0.4) is 0 Å². The summed E-state index contributed by atoms with van der Waals surface area (Å²) in [6.45, 7) is -0.316. The summed E-state index contributed by atoms with van der Waals surface area (Å²) in [5.41, 5.74) is 4.32. The van der Waals surface area contributed by atoms with Gasteiger partial charge < -0.3 is 20.5 Å². The van der Waals surface area contributed by atoms with Gasteiger partial charge >= 0.3 is 10.3 Å². The molecule has 0 bridgehead atoms. The highest BCUT2D eigenvalue weighted by molar-refractivity contribution is 7.84. The minimum absolute atomic E-state index is 0.271. The van der Waals surface area contributed by atoms with Crippen LogP contribution in [0.25, 0.3) is 38.7 Å². The quantitative estimate of drug-likeness (QED) is 0.231. The molecule has 3 aromatic heterocycles. The molecule has 6 rings (SSSR count). The highest BCUT2D eigenvalue weighted by Gasteiger charge is 2.42. The molecule has 1 aliphatic rings. The first kappa shape index (κ1) is 22.9. The van der Waals surface area contributed by atoms with Crippen molar-refractivity contribution >= 4 is 43.6 Å². The highest BCUT2D eigenvalue weighted by atomic mass is 32.2. The van der Waals surface area contributed by atoms with Gasteiger partial charge in [-0.1, -0.05) is 30.3 Å². The van der Waals surface area contributed by atoms with Gasteiger partial charge in [-0.05, 0) is 24.6 Å². The lowest BCUT2D eigenvalue weighted by atomic mass is 10.1. The molecular weight excluding hydrogens is 484 g/mol. The second kappa shape index (κ2) is 8.54. The summed E-state index contributed by atoms with van der Waals surface area (Å²) >= 11 is 0. The molecule has 1 fully saturated rings. The number of aromatic nitrogens is 4. The van der Waals surface area contributed by atoms with Gasteiger partial charge in [-0.3, -0.25) is 4.18 Å². The van der Waals surface area contributed by atoms with E-state index in [2.05, 4.69) is 37.7 Å². The summed E-state index contributed by atoms with van der Waals surface area (Å²) in [6, 6.07) is 17.3. The average molecular weight is 509 g/mol. The number of aliphatic hydroxyl groups excluding tert-OH is 2. The molecule has 5 aromatic rings. The summed E-state index contributed by atoms with van der Waals surface area (Å²) in [4.78, 5) is 7.85. The highest BCUT2D eigenvalue weighted by Crippen LogP contribution is 2.32. The molecule has 4 atom stereocenters. The van der Waals surface area contributed by atoms with Crippen LogP contribution in [0, 0.1) is 5.92 Å². The molecular formula is C24H24N6O5S. The normalized spacial score (nSPS) is 22.6. The number of hydrogen-bond donors (Lipinski definition) is 5. The third kappa shape index (κ3) is 4.08. The number of nitrogens with one attached hydrogen (secondary N) is 2. The molecule has 11 nitrogen and oxygen atoms in total. The van der Waals surface area contributed by atoms with E-state index in [1.807, 2.05) is 30.3 Å². The number of anilines is 1. The monoisotopic (exact) mass is 508 g/mol. The van der Waals surface area contributed by atoms with E-state index in [4.69, 9.17) is 10.2 Å². The van der Waals surface area contributed by atoms with E-state index in [0.717, 1.165) is 33.1 Å². The van der Waals surface area contributed by atoms with Gasteiger partial charge in [0.05, 0.1) is 24.4 Å². The van der Waals surface area contributed by atoms with Crippen molar-refractivity contribution in [3.05, 3.63) is 60.8 Å². The first-order chi connectivity index (χ1) is 17.3. The zero-order valence-corrected chi connectivity index (χ0v) is 19.8. The number of para-hydroxylation sites is 1. The number of nitrogens with two attached hydrogens (primary N) is 1. The maximum Gasteiger partial charge on any atom is 0.333 e. The fraction of sp³-hybridized carbons (Fsp3) is 0.250. The molecule has 0 spiro atoms. The molecule has 186 valence electrons. The van der Waals surface area contributed by atoms with Gasteiger partial charge in [-0.15, -0.1) is 0 Å². The third-order valence-corrected chi connectivity index (χ3v) is 7.21. The Balaban J connectivity index is 1.28. The van der Waals surface area contributed by atoms with Gasteiger partial charge in [-0.2, -0.15) is 18.0 Å². The van der Waals surface area contributed by atoms with Gasteiger partial charge in [0.2, 0.25) is 0 Å². The van der Waals surface area contributed by atoms with Crippen LogP contribution >= 0.6 is 0 Å². The molecule has 36 heavy (non-hydrogen) atoms. The topological polar surface area (TPSA) is 168 Å². The largest absolute Gasteiger partial charge is 0.390 e. The van der Waals surface area contributed by atoms with E-state index >= 15 is 0 Å². The molecule has 3 heterocycles. The van der Waals surface area contributed by atoms with Gasteiger partial charge in [0.1, 0.15) is 11.9 Å². The summed E-state index contributed by atoms with van der Waals surface area (Å²) < 4.78 is 28.5. The number of hydrogen-bond acceptors (Lipinski definition) is 8. The molecule has 1 aliphatic carbocycles. The first-order valence-electron chi connectivity index (χ1n) is 11.4. The van der Waals surface area contributed by atoms with Crippen molar-refractivity contribution in [3.8, 4) is 11.3 Å². The predicted octanol–water partition coefficient (Wildman–Crippen LogP) is 1.77. The molecule has 1 saturated carbocycles. The Kier molecular flexibility index (Phi) is 5.43. The lowest BCUT2D eigenvalue weighted by molar-refractivity contribution is 0.00777. The Morgan fingerprint density at radius 2 is 1.89 bits per heavy atom. The molecule has 12 heteroatoms. The fourth-order valence-corrected chi connectivity index (χ4v) is 5.33. The lowest BCUT2D eigenvalue weighted by Gasteiger charge is -2.19. The number of H-pyrrole nitrogens is 1. The van der Waals surface area contributed by atoms with Crippen LogP contribution in [-0.2, 0) is 14.5 Å². The van der Waals surface area contributed by atoms with Crippen LogP contribution in [-0.4, -0.2) is 63.1 Å². The predicted molar refractivity (Wildman–Crippen MR) is 134 cm³/mol. The first-order valence-corrected chi connectivity index (χ1v) is 12.9. The van der Waals surface area contributed by atoms with Gasteiger partial charge in [0, 0.05) is 45.6 Å². The van der Waals surface area contributed by atoms with Crippen molar-refractivity contribution in [1.29, 1.82) is 0 Å². The van der Waals surface area contributed by atoms with E-state index in [-0.39, 0.29) is 13.0 Å². The molecule has 0 amide bonds. The van der Waals surface area contributed by atoms with Gasteiger partial charge in [-0.25, -0.2) is 10.1 Å². The van der Waals surface area contributed by atoms with E-state index in [9.17, 15) is 18.6 Å². The molecule has 0 saturated heterocycles. The van der Waals surface area contributed by atoms with Crippen LogP contribution in [0.4, 0.5) is 5.82 Å². The summed E-state index contributed by atoms with van der Waals surface area (Å²) in [6.07, 6.45) is -0.407. The fourth-order valence-electron chi connectivity index (χ4n) is 4.96. The van der Waals surface area contributed by atoms with Crippen LogP contribution in [0.5, 0.6) is 0 Å². The van der Waals surface area contributed by atoms with E-state index < -0.39 is 34.5 Å². The SMILES string of the molecule is NS(=O)(=O)OC[C@H]1C[C@@H](Nc2ccnc3cc(-c4ccc5c(c4)[nH]c4ccccc45)nn23)[C@H](O)[C@@H]1O. The minimum Gasteiger partial charge on any atom is -0.390 e. The molecule has 0 unspecified atom stereocenters. The molecule has 0 radical (unpaired) electrons. The maximum absolute atomic E-state index is 11.1. The van der Waals surface area contributed by atoms with Crippen molar-refractivity contribution < 1.29 is 22.8 Å². The van der Waals surface area contributed by atoms with Crippen molar-refractivity contribution in [1.82, 2.24) is 19.6 Å². The van der Waals surface area contributed by atoms with Crippen LogP contribution < -0.4 is 10.5 Å². The molecule has 6 N–H and O–H groups in total. The number of rotatable bonds is 6. The number of nitrogens with zero attached hydrogens (tertiary/aromatic N) is 3. The van der Waals surface area contributed by atoms with Crippen molar-refractivity contribution in [2.24, 2.45) is 11.1 Å². The average Bonchev–Trinajstić information content (AvgIpc) is 3.52. The second-order valence-electron chi connectivity index (χ2n) is 9.07. The Morgan fingerprint density at radius 3 is 2.72 bits per heavy atom. The minimum atomic E-state index is -4.14. The van der Waals surface area contributed by atoms with E-state index in [0.29, 0.717) is 11.5 Å². The zero-order valence-electron chi connectivity index (χ0n) is 18.9. The van der Waals surface area contributed by atoms with Crippen molar-refractivity contribution in [3.63, 3.8) is 0 Å². The van der Waals surface area contributed by atoms with Crippen LogP contribution in [0.2, 0.25) is 0 Å². The maximum atomic E-state index is 11.1. The van der Waals surface area contributed by atoms with Gasteiger partial charge in [0.15, 0.2) is 5.65 Å². The Labute approximate surface area is 205 Å². The molecule has 0 aliphatic heterocycles. The Hall–Kier alpha value is -3.55. The Morgan fingerprint density at radius 1 is 1.08 bits per heavy atom. The summed E-state index contributed by atoms with van der Waals surface area (Å²) in [5, 5.41) is 36.0.